The molecule has 0 saturated heterocycles. The van der Waals surface area contributed by atoms with Crippen molar-refractivity contribution in [3.05, 3.63) is 34.4 Å². The molecule has 0 spiro atoms. The molecule has 0 radical (unpaired) electrons. The lowest BCUT2D eigenvalue weighted by Crippen LogP contribution is -2.01. The average Bonchev–Trinajstić information content (AvgIpc) is 2.66. The summed E-state index contributed by atoms with van der Waals surface area (Å²) in [5.41, 5.74) is 5.06. The summed E-state index contributed by atoms with van der Waals surface area (Å²) in [6.07, 6.45) is 3.82. The van der Waals surface area contributed by atoms with Crippen LogP contribution >= 0.6 is 0 Å². The molecule has 0 aliphatic heterocycles. The summed E-state index contributed by atoms with van der Waals surface area (Å²) >= 11 is 0. The van der Waals surface area contributed by atoms with E-state index in [0.717, 1.165) is 31.2 Å². The molecule has 0 saturated carbocycles. The Morgan fingerprint density at radius 1 is 1.12 bits per heavy atom. The maximum atomic E-state index is 12.1. The summed E-state index contributed by atoms with van der Waals surface area (Å²) in [7, 11) is 0. The van der Waals surface area contributed by atoms with Crippen LogP contribution in [0.5, 0.6) is 0 Å². The zero-order valence-corrected chi connectivity index (χ0v) is 10.5. The first-order valence-corrected chi connectivity index (χ1v) is 6.40. The molecule has 1 atom stereocenters. The number of carbonyl (C=O) groups excluding carboxylic acids is 1. The molecule has 0 aromatic heterocycles. The zero-order chi connectivity index (χ0) is 11.7. The SMILES string of the molecule is CCc1ccc(CC)c2c1C(=O)CC2CC. The number of hydrogen-bond acceptors (Lipinski definition) is 1. The number of benzene rings is 1. The Hall–Kier alpha value is -1.11. The van der Waals surface area contributed by atoms with Crippen LogP contribution in [0.4, 0.5) is 0 Å². The van der Waals surface area contributed by atoms with Gasteiger partial charge in [-0.15, -0.1) is 0 Å². The monoisotopic (exact) mass is 216 g/mol. The van der Waals surface area contributed by atoms with Gasteiger partial charge in [-0.1, -0.05) is 32.9 Å². The standard InChI is InChI=1S/C15H20O/c1-4-10-7-8-11(5-2)15-13(16)9-12(6-3)14(10)15/h7-8,12H,4-6,9H2,1-3H3. The van der Waals surface area contributed by atoms with E-state index in [1.165, 1.54) is 16.7 Å². The van der Waals surface area contributed by atoms with Gasteiger partial charge in [0.15, 0.2) is 5.78 Å². The van der Waals surface area contributed by atoms with Crippen molar-refractivity contribution in [1.82, 2.24) is 0 Å². The number of ketones is 1. The molecule has 1 unspecified atom stereocenters. The highest BCUT2D eigenvalue weighted by atomic mass is 16.1. The summed E-state index contributed by atoms with van der Waals surface area (Å²) in [5, 5.41) is 0. The van der Waals surface area contributed by atoms with E-state index in [4.69, 9.17) is 0 Å². The second kappa shape index (κ2) is 4.40. The molecule has 1 aliphatic rings. The highest BCUT2D eigenvalue weighted by Crippen LogP contribution is 2.39. The molecule has 0 fully saturated rings. The number of carbonyl (C=O) groups is 1. The molecule has 0 heterocycles. The Morgan fingerprint density at radius 2 is 1.75 bits per heavy atom. The van der Waals surface area contributed by atoms with Gasteiger partial charge in [0.1, 0.15) is 0 Å². The molecular weight excluding hydrogens is 196 g/mol. The van der Waals surface area contributed by atoms with Crippen LogP contribution in [0.3, 0.4) is 0 Å². The van der Waals surface area contributed by atoms with Crippen LogP contribution in [0.25, 0.3) is 0 Å². The third-order valence-electron chi connectivity index (χ3n) is 3.80. The molecule has 0 bridgehead atoms. The van der Waals surface area contributed by atoms with Crippen molar-refractivity contribution in [2.24, 2.45) is 0 Å². The van der Waals surface area contributed by atoms with E-state index in [2.05, 4.69) is 32.9 Å². The first-order chi connectivity index (χ1) is 7.72. The zero-order valence-electron chi connectivity index (χ0n) is 10.5. The number of hydrogen-bond donors (Lipinski definition) is 0. The van der Waals surface area contributed by atoms with Gasteiger partial charge in [0.25, 0.3) is 0 Å². The Morgan fingerprint density at radius 3 is 2.31 bits per heavy atom. The van der Waals surface area contributed by atoms with Crippen molar-refractivity contribution in [3.8, 4) is 0 Å². The second-order valence-corrected chi connectivity index (χ2v) is 4.61. The topological polar surface area (TPSA) is 17.1 Å². The van der Waals surface area contributed by atoms with Gasteiger partial charge in [-0.3, -0.25) is 4.79 Å². The number of aryl methyl sites for hydroxylation is 2. The third-order valence-corrected chi connectivity index (χ3v) is 3.80. The van der Waals surface area contributed by atoms with Crippen LogP contribution in [0.2, 0.25) is 0 Å². The van der Waals surface area contributed by atoms with Crippen LogP contribution in [-0.4, -0.2) is 5.78 Å². The normalized spacial score (nSPS) is 18.9. The molecule has 86 valence electrons. The fourth-order valence-electron chi connectivity index (χ4n) is 2.88. The van der Waals surface area contributed by atoms with Crippen molar-refractivity contribution < 1.29 is 4.79 Å². The summed E-state index contributed by atoms with van der Waals surface area (Å²) < 4.78 is 0. The Balaban J connectivity index is 2.64. The van der Waals surface area contributed by atoms with E-state index in [0.29, 0.717) is 11.7 Å². The average molecular weight is 216 g/mol. The van der Waals surface area contributed by atoms with Crippen LogP contribution in [0.15, 0.2) is 12.1 Å². The van der Waals surface area contributed by atoms with Crippen molar-refractivity contribution >= 4 is 5.78 Å². The van der Waals surface area contributed by atoms with Crippen molar-refractivity contribution in [3.63, 3.8) is 0 Å². The first kappa shape index (κ1) is 11.4. The van der Waals surface area contributed by atoms with E-state index in [1.807, 2.05) is 0 Å². The third kappa shape index (κ3) is 1.59. The fourth-order valence-corrected chi connectivity index (χ4v) is 2.88. The lowest BCUT2D eigenvalue weighted by molar-refractivity contribution is 0.0987. The minimum Gasteiger partial charge on any atom is -0.294 e. The second-order valence-electron chi connectivity index (χ2n) is 4.61. The highest BCUT2D eigenvalue weighted by Gasteiger charge is 2.31. The Bertz CT molecular complexity index is 418. The Kier molecular flexibility index (Phi) is 3.13. The molecule has 16 heavy (non-hydrogen) atoms. The lowest BCUT2D eigenvalue weighted by Gasteiger charge is -2.14. The first-order valence-electron chi connectivity index (χ1n) is 6.40. The molecule has 1 aliphatic carbocycles. The molecule has 1 aromatic carbocycles. The van der Waals surface area contributed by atoms with E-state index in [9.17, 15) is 4.79 Å². The van der Waals surface area contributed by atoms with Crippen LogP contribution in [0, 0.1) is 0 Å². The van der Waals surface area contributed by atoms with Gasteiger partial charge >= 0.3 is 0 Å². The van der Waals surface area contributed by atoms with Crippen molar-refractivity contribution in [2.75, 3.05) is 0 Å². The van der Waals surface area contributed by atoms with Crippen LogP contribution in [0.1, 0.15) is 66.6 Å². The van der Waals surface area contributed by atoms with E-state index in [-0.39, 0.29) is 0 Å². The fraction of sp³-hybridized carbons (Fsp3) is 0.533. The largest absolute Gasteiger partial charge is 0.294 e. The minimum atomic E-state index is 0.369. The van der Waals surface area contributed by atoms with Gasteiger partial charge in [0.2, 0.25) is 0 Å². The predicted octanol–water partition coefficient (Wildman–Crippen LogP) is 3.89. The number of rotatable bonds is 3. The van der Waals surface area contributed by atoms with Gasteiger partial charge in [0.05, 0.1) is 0 Å². The maximum absolute atomic E-state index is 12.1. The van der Waals surface area contributed by atoms with Crippen molar-refractivity contribution in [1.29, 1.82) is 0 Å². The number of fused-ring (bicyclic) bond motifs is 1. The molecule has 0 amide bonds. The summed E-state index contributed by atoms with van der Waals surface area (Å²) in [6.45, 7) is 6.50. The van der Waals surface area contributed by atoms with Crippen LogP contribution < -0.4 is 0 Å². The molecule has 1 heteroatoms. The smallest absolute Gasteiger partial charge is 0.164 e. The highest BCUT2D eigenvalue weighted by molar-refractivity contribution is 6.03. The summed E-state index contributed by atoms with van der Waals surface area (Å²) in [5.74, 6) is 0.845. The van der Waals surface area contributed by atoms with Gasteiger partial charge in [-0.25, -0.2) is 0 Å². The lowest BCUT2D eigenvalue weighted by atomic mass is 9.90. The van der Waals surface area contributed by atoms with E-state index in [1.54, 1.807) is 0 Å². The number of Topliss-reactive ketones (excluding diaryl/α,β-unsaturated/α-hetero) is 1. The molecule has 1 nitrogen and oxygen atoms in total. The maximum Gasteiger partial charge on any atom is 0.164 e. The van der Waals surface area contributed by atoms with Gasteiger partial charge < -0.3 is 0 Å². The quantitative estimate of drug-likeness (QED) is 0.749. The predicted molar refractivity (Wildman–Crippen MR) is 67.2 cm³/mol. The van der Waals surface area contributed by atoms with Gasteiger partial charge in [-0.05, 0) is 41.9 Å². The van der Waals surface area contributed by atoms with E-state index < -0.39 is 0 Å². The molecular formula is C15H20O. The molecule has 0 N–H and O–H groups in total. The van der Waals surface area contributed by atoms with Crippen molar-refractivity contribution in [2.45, 2.75) is 52.4 Å². The van der Waals surface area contributed by atoms with E-state index >= 15 is 0 Å². The van der Waals surface area contributed by atoms with Crippen LogP contribution in [-0.2, 0) is 12.8 Å². The molecule has 2 rings (SSSR count). The molecule has 1 aromatic rings. The summed E-state index contributed by atoms with van der Waals surface area (Å²) in [4.78, 5) is 12.1. The summed E-state index contributed by atoms with van der Waals surface area (Å²) in [6, 6.07) is 4.37. The Labute approximate surface area is 97.9 Å². The minimum absolute atomic E-state index is 0.369. The van der Waals surface area contributed by atoms with Gasteiger partial charge in [0, 0.05) is 12.0 Å². The van der Waals surface area contributed by atoms with Gasteiger partial charge in [-0.2, -0.15) is 0 Å².